The van der Waals surface area contributed by atoms with Crippen LogP contribution in [0.3, 0.4) is 0 Å². The van der Waals surface area contributed by atoms with Crippen LogP contribution in [0.2, 0.25) is 5.15 Å². The molecule has 94 valence electrons. The van der Waals surface area contributed by atoms with Crippen molar-refractivity contribution in [2.45, 2.75) is 33.1 Å². The van der Waals surface area contributed by atoms with Crippen molar-refractivity contribution in [3.8, 4) is 0 Å². The molecule has 1 fully saturated rings. The van der Waals surface area contributed by atoms with Gasteiger partial charge in [-0.05, 0) is 30.7 Å². The maximum Gasteiger partial charge on any atom is 0.133 e. The monoisotopic (exact) mass is 253 g/mol. The molecule has 1 aliphatic rings. The van der Waals surface area contributed by atoms with Gasteiger partial charge in [-0.1, -0.05) is 25.4 Å². The molecule has 2 rings (SSSR count). The van der Waals surface area contributed by atoms with E-state index < -0.39 is 0 Å². The second-order valence-electron chi connectivity index (χ2n) is 4.96. The number of nitrogen functional groups attached to an aromatic ring is 1. The van der Waals surface area contributed by atoms with E-state index in [2.05, 4.69) is 23.7 Å². The van der Waals surface area contributed by atoms with Crippen LogP contribution in [-0.2, 0) is 0 Å². The standard InChI is InChI=1S/C13H20ClN3/c1-3-13(4-2)5-6-17(9-13)12-8-10(15)7-11(14)16-12/h7-8H,3-6,9H2,1-2H3,(H2,15,16). The minimum atomic E-state index is 0.443. The Labute approximate surface area is 108 Å². The molecule has 0 bridgehead atoms. The smallest absolute Gasteiger partial charge is 0.133 e. The molecule has 0 aliphatic carbocycles. The molecule has 0 spiro atoms. The zero-order valence-electron chi connectivity index (χ0n) is 10.5. The van der Waals surface area contributed by atoms with E-state index in [9.17, 15) is 0 Å². The Bertz CT molecular complexity index is 381. The lowest BCUT2D eigenvalue weighted by Gasteiger charge is -2.26. The Morgan fingerprint density at radius 1 is 1.41 bits per heavy atom. The van der Waals surface area contributed by atoms with E-state index in [1.54, 1.807) is 6.07 Å². The van der Waals surface area contributed by atoms with Crippen LogP contribution in [0.5, 0.6) is 0 Å². The third kappa shape index (κ3) is 2.49. The zero-order chi connectivity index (χ0) is 12.5. The van der Waals surface area contributed by atoms with E-state index >= 15 is 0 Å². The van der Waals surface area contributed by atoms with Gasteiger partial charge in [-0.3, -0.25) is 0 Å². The molecule has 1 aromatic heterocycles. The highest BCUT2D eigenvalue weighted by atomic mass is 35.5. The number of halogens is 1. The van der Waals surface area contributed by atoms with Gasteiger partial charge >= 0.3 is 0 Å². The summed E-state index contributed by atoms with van der Waals surface area (Å²) in [7, 11) is 0. The highest BCUT2D eigenvalue weighted by Crippen LogP contribution is 2.38. The van der Waals surface area contributed by atoms with E-state index in [0.717, 1.165) is 18.9 Å². The number of hydrogen-bond donors (Lipinski definition) is 1. The summed E-state index contributed by atoms with van der Waals surface area (Å²) >= 11 is 5.95. The van der Waals surface area contributed by atoms with E-state index in [-0.39, 0.29) is 0 Å². The SMILES string of the molecule is CCC1(CC)CCN(c2cc(N)cc(Cl)n2)C1. The van der Waals surface area contributed by atoms with Crippen LogP contribution in [0.4, 0.5) is 11.5 Å². The molecule has 0 saturated carbocycles. The van der Waals surface area contributed by atoms with Crippen molar-refractivity contribution in [1.82, 2.24) is 4.98 Å². The van der Waals surface area contributed by atoms with Crippen LogP contribution in [0.1, 0.15) is 33.1 Å². The summed E-state index contributed by atoms with van der Waals surface area (Å²) < 4.78 is 0. The molecule has 0 unspecified atom stereocenters. The van der Waals surface area contributed by atoms with Crippen molar-refractivity contribution in [1.29, 1.82) is 0 Å². The molecule has 1 aromatic rings. The molecule has 4 heteroatoms. The van der Waals surface area contributed by atoms with Crippen LogP contribution in [0.25, 0.3) is 0 Å². The van der Waals surface area contributed by atoms with Gasteiger partial charge in [0, 0.05) is 24.8 Å². The van der Waals surface area contributed by atoms with Gasteiger partial charge in [0.25, 0.3) is 0 Å². The van der Waals surface area contributed by atoms with Gasteiger partial charge in [-0.15, -0.1) is 0 Å². The first-order valence-corrected chi connectivity index (χ1v) is 6.64. The molecule has 1 aliphatic heterocycles. The maximum absolute atomic E-state index is 5.95. The number of pyridine rings is 1. The molecule has 2 heterocycles. The number of nitrogens with zero attached hydrogens (tertiary/aromatic N) is 2. The fourth-order valence-corrected chi connectivity index (χ4v) is 2.83. The fraction of sp³-hybridized carbons (Fsp3) is 0.615. The average molecular weight is 254 g/mol. The molecular weight excluding hydrogens is 234 g/mol. The minimum Gasteiger partial charge on any atom is -0.399 e. The van der Waals surface area contributed by atoms with Gasteiger partial charge in [-0.2, -0.15) is 0 Å². The molecule has 3 nitrogen and oxygen atoms in total. The van der Waals surface area contributed by atoms with Crippen molar-refractivity contribution in [2.75, 3.05) is 23.7 Å². The van der Waals surface area contributed by atoms with Crippen molar-refractivity contribution in [2.24, 2.45) is 5.41 Å². The van der Waals surface area contributed by atoms with Gasteiger partial charge in [0.05, 0.1) is 0 Å². The fourth-order valence-electron chi connectivity index (χ4n) is 2.62. The molecule has 2 N–H and O–H groups in total. The second-order valence-corrected chi connectivity index (χ2v) is 5.35. The van der Waals surface area contributed by atoms with Crippen molar-refractivity contribution >= 4 is 23.1 Å². The third-order valence-corrected chi connectivity index (χ3v) is 4.26. The average Bonchev–Trinajstić information content (AvgIpc) is 2.73. The van der Waals surface area contributed by atoms with Crippen LogP contribution < -0.4 is 10.6 Å². The highest BCUT2D eigenvalue weighted by molar-refractivity contribution is 6.29. The van der Waals surface area contributed by atoms with Gasteiger partial charge in [0.15, 0.2) is 0 Å². The van der Waals surface area contributed by atoms with Gasteiger partial charge < -0.3 is 10.6 Å². The quantitative estimate of drug-likeness (QED) is 0.841. The van der Waals surface area contributed by atoms with Gasteiger partial charge in [-0.25, -0.2) is 4.98 Å². The Balaban J connectivity index is 2.20. The summed E-state index contributed by atoms with van der Waals surface area (Å²) in [5.74, 6) is 0.916. The van der Waals surface area contributed by atoms with Crippen molar-refractivity contribution in [3.63, 3.8) is 0 Å². The number of nitrogens with two attached hydrogens (primary N) is 1. The van der Waals surface area contributed by atoms with Crippen LogP contribution in [0.15, 0.2) is 12.1 Å². The minimum absolute atomic E-state index is 0.443. The van der Waals surface area contributed by atoms with Gasteiger partial charge in [0.1, 0.15) is 11.0 Å². The normalized spacial score (nSPS) is 18.6. The molecule has 1 saturated heterocycles. The Hall–Kier alpha value is -0.960. The first-order valence-electron chi connectivity index (χ1n) is 6.26. The van der Waals surface area contributed by atoms with E-state index in [4.69, 9.17) is 17.3 Å². The van der Waals surface area contributed by atoms with E-state index in [0.29, 0.717) is 16.3 Å². The number of hydrogen-bond acceptors (Lipinski definition) is 3. The van der Waals surface area contributed by atoms with E-state index in [1.807, 2.05) is 6.07 Å². The predicted molar refractivity (Wildman–Crippen MR) is 73.5 cm³/mol. The number of anilines is 2. The Morgan fingerprint density at radius 3 is 2.65 bits per heavy atom. The molecule has 0 atom stereocenters. The first kappa shape index (κ1) is 12.5. The van der Waals surface area contributed by atoms with Crippen LogP contribution in [0, 0.1) is 5.41 Å². The summed E-state index contributed by atoms with van der Waals surface area (Å²) in [5, 5.41) is 0.477. The summed E-state index contributed by atoms with van der Waals surface area (Å²) in [6, 6.07) is 3.60. The van der Waals surface area contributed by atoms with Crippen LogP contribution >= 0.6 is 11.6 Å². The molecular formula is C13H20ClN3. The number of aromatic nitrogens is 1. The molecule has 0 radical (unpaired) electrons. The Morgan fingerprint density at radius 2 is 2.12 bits per heavy atom. The second kappa shape index (κ2) is 4.73. The third-order valence-electron chi connectivity index (χ3n) is 4.07. The van der Waals surface area contributed by atoms with Crippen LogP contribution in [-0.4, -0.2) is 18.1 Å². The summed E-state index contributed by atoms with van der Waals surface area (Å²) in [5.41, 5.74) is 6.94. The Kier molecular flexibility index (Phi) is 3.48. The first-order chi connectivity index (χ1) is 8.08. The zero-order valence-corrected chi connectivity index (χ0v) is 11.3. The molecule has 17 heavy (non-hydrogen) atoms. The summed E-state index contributed by atoms with van der Waals surface area (Å²) in [6.07, 6.45) is 3.67. The lowest BCUT2D eigenvalue weighted by Crippen LogP contribution is -2.26. The lowest BCUT2D eigenvalue weighted by atomic mass is 9.82. The topological polar surface area (TPSA) is 42.1 Å². The molecule has 0 amide bonds. The number of rotatable bonds is 3. The lowest BCUT2D eigenvalue weighted by molar-refractivity contribution is 0.301. The molecule has 0 aromatic carbocycles. The summed E-state index contributed by atoms with van der Waals surface area (Å²) in [4.78, 5) is 6.66. The summed E-state index contributed by atoms with van der Waals surface area (Å²) in [6.45, 7) is 6.65. The predicted octanol–water partition coefficient (Wildman–Crippen LogP) is 3.33. The highest BCUT2D eigenvalue weighted by Gasteiger charge is 2.35. The van der Waals surface area contributed by atoms with Crippen molar-refractivity contribution in [3.05, 3.63) is 17.3 Å². The van der Waals surface area contributed by atoms with Crippen molar-refractivity contribution < 1.29 is 0 Å². The largest absolute Gasteiger partial charge is 0.399 e. The van der Waals surface area contributed by atoms with Gasteiger partial charge in [0.2, 0.25) is 0 Å². The van der Waals surface area contributed by atoms with E-state index in [1.165, 1.54) is 19.3 Å². The maximum atomic E-state index is 5.95.